The molecule has 2 rings (SSSR count). The zero-order valence-electron chi connectivity index (χ0n) is 10.7. The van der Waals surface area contributed by atoms with E-state index in [-0.39, 0.29) is 18.2 Å². The molecule has 1 N–H and O–H groups in total. The van der Waals surface area contributed by atoms with E-state index in [1.54, 1.807) is 6.07 Å². The van der Waals surface area contributed by atoms with Gasteiger partial charge in [-0.2, -0.15) is 0 Å². The molecule has 1 unspecified atom stereocenters. The topological polar surface area (TPSA) is 47.6 Å². The summed E-state index contributed by atoms with van der Waals surface area (Å²) in [6, 6.07) is 4.31. The van der Waals surface area contributed by atoms with Crippen LogP contribution in [0.5, 0.6) is 0 Å². The highest BCUT2D eigenvalue weighted by Crippen LogP contribution is 2.22. The van der Waals surface area contributed by atoms with E-state index in [4.69, 9.17) is 9.47 Å². The van der Waals surface area contributed by atoms with Crippen molar-refractivity contribution < 1.29 is 18.7 Å². The Hall–Kier alpha value is -0.980. The van der Waals surface area contributed by atoms with Crippen molar-refractivity contribution in [3.05, 3.63) is 34.1 Å². The van der Waals surface area contributed by atoms with Crippen LogP contribution in [0.3, 0.4) is 0 Å². The van der Waals surface area contributed by atoms with E-state index in [1.165, 1.54) is 12.1 Å². The quantitative estimate of drug-likeness (QED) is 0.925. The number of amides is 1. The molecule has 1 heterocycles. The van der Waals surface area contributed by atoms with Crippen molar-refractivity contribution in [2.75, 3.05) is 13.2 Å². The van der Waals surface area contributed by atoms with Crippen molar-refractivity contribution in [2.45, 2.75) is 25.7 Å². The van der Waals surface area contributed by atoms with E-state index in [2.05, 4.69) is 21.2 Å². The van der Waals surface area contributed by atoms with Crippen LogP contribution in [0.1, 0.15) is 24.2 Å². The summed E-state index contributed by atoms with van der Waals surface area (Å²) in [6.07, 6.45) is -0.211. The highest BCUT2D eigenvalue weighted by molar-refractivity contribution is 9.10. The van der Waals surface area contributed by atoms with Gasteiger partial charge in [0.05, 0.1) is 12.2 Å². The fraction of sp³-hybridized carbons (Fsp3) is 0.462. The van der Waals surface area contributed by atoms with Gasteiger partial charge in [-0.05, 0) is 32.0 Å². The Morgan fingerprint density at radius 2 is 2.32 bits per heavy atom. The third-order valence-corrected chi connectivity index (χ3v) is 3.23. The van der Waals surface area contributed by atoms with E-state index in [0.29, 0.717) is 11.1 Å². The van der Waals surface area contributed by atoms with Gasteiger partial charge < -0.3 is 14.8 Å². The molecular weight excluding hydrogens is 317 g/mol. The molecule has 0 saturated carbocycles. The van der Waals surface area contributed by atoms with E-state index in [1.807, 2.05) is 13.8 Å². The summed E-state index contributed by atoms with van der Waals surface area (Å²) in [7, 11) is 0. The molecule has 1 amide bonds. The molecule has 19 heavy (non-hydrogen) atoms. The van der Waals surface area contributed by atoms with E-state index in [0.717, 1.165) is 0 Å². The molecule has 0 spiro atoms. The third-order valence-electron chi connectivity index (χ3n) is 2.73. The van der Waals surface area contributed by atoms with Gasteiger partial charge in [0, 0.05) is 11.0 Å². The highest BCUT2D eigenvalue weighted by Gasteiger charge is 2.32. The lowest BCUT2D eigenvalue weighted by atomic mass is 10.2. The Kier molecular flexibility index (Phi) is 4.23. The van der Waals surface area contributed by atoms with Crippen LogP contribution < -0.4 is 5.32 Å². The van der Waals surface area contributed by atoms with Crippen LogP contribution in [0.15, 0.2) is 22.7 Å². The third kappa shape index (κ3) is 3.75. The Morgan fingerprint density at radius 3 is 2.89 bits per heavy atom. The second kappa shape index (κ2) is 5.56. The maximum absolute atomic E-state index is 13.6. The first kappa shape index (κ1) is 14.4. The fourth-order valence-corrected chi connectivity index (χ4v) is 2.17. The predicted octanol–water partition coefficient (Wildman–Crippen LogP) is 2.47. The standard InChI is InChI=1S/C13H15BrFNO3/c1-13(2)18-7-9(19-13)6-16-12(17)10-4-3-8(14)5-11(10)15/h3-5,9H,6-7H2,1-2H3,(H,16,17). The van der Waals surface area contributed by atoms with Gasteiger partial charge in [-0.1, -0.05) is 15.9 Å². The Morgan fingerprint density at radius 1 is 1.58 bits per heavy atom. The Bertz CT molecular complexity index is 493. The number of hydrogen-bond donors (Lipinski definition) is 1. The summed E-state index contributed by atoms with van der Waals surface area (Å²) in [5.74, 6) is -1.65. The van der Waals surface area contributed by atoms with Crippen LogP contribution in [-0.4, -0.2) is 30.9 Å². The molecule has 1 aliphatic rings. The van der Waals surface area contributed by atoms with Gasteiger partial charge >= 0.3 is 0 Å². The molecule has 0 aliphatic carbocycles. The molecule has 0 bridgehead atoms. The van der Waals surface area contributed by atoms with Crippen molar-refractivity contribution >= 4 is 21.8 Å². The summed E-state index contributed by atoms with van der Waals surface area (Å²) < 4.78 is 25.1. The van der Waals surface area contributed by atoms with Gasteiger partial charge in [-0.3, -0.25) is 4.79 Å². The number of benzene rings is 1. The molecular formula is C13H15BrFNO3. The number of hydrogen-bond acceptors (Lipinski definition) is 3. The van der Waals surface area contributed by atoms with Crippen molar-refractivity contribution in [1.82, 2.24) is 5.32 Å². The van der Waals surface area contributed by atoms with Crippen molar-refractivity contribution in [3.63, 3.8) is 0 Å². The number of carbonyl (C=O) groups is 1. The number of nitrogens with one attached hydrogen (secondary N) is 1. The van der Waals surface area contributed by atoms with Crippen molar-refractivity contribution in [1.29, 1.82) is 0 Å². The van der Waals surface area contributed by atoms with Gasteiger partial charge in [0.25, 0.3) is 5.91 Å². The zero-order valence-corrected chi connectivity index (χ0v) is 12.3. The minimum Gasteiger partial charge on any atom is -0.349 e. The number of rotatable bonds is 3. The van der Waals surface area contributed by atoms with Crippen LogP contribution in [0.25, 0.3) is 0 Å². The number of halogens is 2. The van der Waals surface area contributed by atoms with Gasteiger partial charge in [-0.15, -0.1) is 0 Å². The van der Waals surface area contributed by atoms with Crippen molar-refractivity contribution in [3.8, 4) is 0 Å². The first-order valence-corrected chi connectivity index (χ1v) is 6.72. The maximum atomic E-state index is 13.6. The maximum Gasteiger partial charge on any atom is 0.254 e. The largest absolute Gasteiger partial charge is 0.349 e. The lowest BCUT2D eigenvalue weighted by Crippen LogP contribution is -2.34. The monoisotopic (exact) mass is 331 g/mol. The van der Waals surface area contributed by atoms with E-state index in [9.17, 15) is 9.18 Å². The molecule has 1 aromatic rings. The van der Waals surface area contributed by atoms with Gasteiger partial charge in [0.1, 0.15) is 11.9 Å². The molecule has 1 aromatic carbocycles. The fourth-order valence-electron chi connectivity index (χ4n) is 1.84. The highest BCUT2D eigenvalue weighted by atomic mass is 79.9. The van der Waals surface area contributed by atoms with Gasteiger partial charge in [-0.25, -0.2) is 4.39 Å². The molecule has 1 saturated heterocycles. The normalized spacial score (nSPS) is 21.4. The number of ether oxygens (including phenoxy) is 2. The molecule has 1 fully saturated rings. The second-order valence-corrected chi connectivity index (χ2v) is 5.70. The summed E-state index contributed by atoms with van der Waals surface area (Å²) in [5, 5.41) is 2.64. The average Bonchev–Trinajstić information content (AvgIpc) is 2.66. The van der Waals surface area contributed by atoms with Crippen LogP contribution >= 0.6 is 15.9 Å². The summed E-state index contributed by atoms with van der Waals surface area (Å²) in [4.78, 5) is 11.8. The number of carbonyl (C=O) groups excluding carboxylic acids is 1. The van der Waals surface area contributed by atoms with Crippen LogP contribution in [-0.2, 0) is 9.47 Å². The molecule has 1 atom stereocenters. The Balaban J connectivity index is 1.91. The lowest BCUT2D eigenvalue weighted by molar-refractivity contribution is -0.137. The minimum atomic E-state index is -0.627. The molecule has 0 aromatic heterocycles. The lowest BCUT2D eigenvalue weighted by Gasteiger charge is -2.17. The van der Waals surface area contributed by atoms with Crippen LogP contribution in [0.2, 0.25) is 0 Å². The molecule has 104 valence electrons. The predicted molar refractivity (Wildman–Crippen MR) is 71.3 cm³/mol. The summed E-state index contributed by atoms with van der Waals surface area (Å²) >= 11 is 3.14. The Labute approximate surface area is 119 Å². The minimum absolute atomic E-state index is 0.0152. The average molecular weight is 332 g/mol. The van der Waals surface area contributed by atoms with Crippen molar-refractivity contribution in [2.24, 2.45) is 0 Å². The van der Waals surface area contributed by atoms with Gasteiger partial charge in [0.2, 0.25) is 0 Å². The molecule has 4 nitrogen and oxygen atoms in total. The second-order valence-electron chi connectivity index (χ2n) is 4.78. The zero-order chi connectivity index (χ0) is 14.0. The first-order valence-electron chi connectivity index (χ1n) is 5.92. The summed E-state index contributed by atoms with van der Waals surface area (Å²) in [6.45, 7) is 4.32. The molecule has 1 aliphatic heterocycles. The summed E-state index contributed by atoms with van der Waals surface area (Å²) in [5.41, 5.74) is 0.0152. The smallest absolute Gasteiger partial charge is 0.254 e. The van der Waals surface area contributed by atoms with Crippen LogP contribution in [0.4, 0.5) is 4.39 Å². The van der Waals surface area contributed by atoms with Gasteiger partial charge in [0.15, 0.2) is 5.79 Å². The van der Waals surface area contributed by atoms with E-state index < -0.39 is 17.5 Å². The van der Waals surface area contributed by atoms with Crippen LogP contribution in [0, 0.1) is 5.82 Å². The SMILES string of the molecule is CC1(C)OCC(CNC(=O)c2ccc(Br)cc2F)O1. The molecule has 0 radical (unpaired) electrons. The molecule has 6 heteroatoms. The first-order chi connectivity index (χ1) is 8.87. The van der Waals surface area contributed by atoms with E-state index >= 15 is 0 Å².